The predicted octanol–water partition coefficient (Wildman–Crippen LogP) is 3.73. The molecule has 2 aliphatic rings. The third kappa shape index (κ3) is 5.97. The van der Waals surface area contributed by atoms with Gasteiger partial charge in [-0.05, 0) is 37.5 Å². The van der Waals surface area contributed by atoms with Gasteiger partial charge in [0, 0.05) is 42.5 Å². The predicted molar refractivity (Wildman–Crippen MR) is 150 cm³/mol. The average Bonchev–Trinajstić information content (AvgIpc) is 3.30. The van der Waals surface area contributed by atoms with Crippen molar-refractivity contribution < 1.29 is 28.6 Å². The van der Waals surface area contributed by atoms with Gasteiger partial charge in [0.25, 0.3) is 5.91 Å². The Morgan fingerprint density at radius 1 is 1.29 bits per heavy atom. The normalized spacial score (nSPS) is 16.7. The molecule has 0 bridgehead atoms. The monoisotopic (exact) mass is 583 g/mol. The van der Waals surface area contributed by atoms with Crippen LogP contribution in [0.4, 0.5) is 10.3 Å². The quantitative estimate of drug-likeness (QED) is 0.348. The van der Waals surface area contributed by atoms with Gasteiger partial charge in [-0.1, -0.05) is 35.9 Å². The first-order valence-electron chi connectivity index (χ1n) is 13.4. The second-order valence-corrected chi connectivity index (χ2v) is 10.4. The lowest BCUT2D eigenvalue weighted by Gasteiger charge is -2.27. The topological polar surface area (TPSA) is 126 Å². The maximum atomic E-state index is 14.7. The number of nitrogens with zero attached hydrogens (tertiary/aromatic N) is 3. The maximum Gasteiger partial charge on any atom is 0.255 e. The van der Waals surface area contributed by atoms with Crippen molar-refractivity contribution in [1.29, 1.82) is 0 Å². The molecule has 10 nitrogen and oxygen atoms in total. The Bertz CT molecular complexity index is 1450. The molecule has 3 aromatic rings. The second-order valence-electron chi connectivity index (χ2n) is 10.0. The van der Waals surface area contributed by atoms with E-state index in [1.165, 1.54) is 30.3 Å². The second kappa shape index (κ2) is 12.4. The lowest BCUT2D eigenvalue weighted by Crippen LogP contribution is -2.49. The number of amides is 2. The molecule has 12 heteroatoms. The van der Waals surface area contributed by atoms with Gasteiger partial charge in [0.2, 0.25) is 11.9 Å². The first-order valence-corrected chi connectivity index (χ1v) is 13.7. The minimum atomic E-state index is -1.17. The van der Waals surface area contributed by atoms with Crippen molar-refractivity contribution in [3.05, 3.63) is 70.1 Å². The van der Waals surface area contributed by atoms with Gasteiger partial charge in [-0.25, -0.2) is 14.4 Å². The first-order chi connectivity index (χ1) is 19.8. The van der Waals surface area contributed by atoms with E-state index in [4.69, 9.17) is 21.1 Å². The van der Waals surface area contributed by atoms with Crippen molar-refractivity contribution in [3.8, 4) is 17.0 Å². The number of rotatable bonds is 9. The molecule has 0 saturated carbocycles. The molecule has 0 aliphatic carbocycles. The molecule has 3 heterocycles. The lowest BCUT2D eigenvalue weighted by molar-refractivity contribution is -0.127. The highest BCUT2D eigenvalue weighted by Crippen LogP contribution is 2.33. The molecule has 1 saturated heterocycles. The van der Waals surface area contributed by atoms with E-state index in [9.17, 15) is 19.1 Å². The fourth-order valence-electron chi connectivity index (χ4n) is 5.12. The Balaban J connectivity index is 1.32. The zero-order valence-electron chi connectivity index (χ0n) is 22.7. The first kappa shape index (κ1) is 28.7. The molecule has 2 unspecified atom stereocenters. The van der Waals surface area contributed by atoms with E-state index in [-0.39, 0.29) is 23.9 Å². The molecule has 1 aromatic heterocycles. The molecule has 3 N–H and O–H groups in total. The standard InChI is InChI=1S/C29H31ClFN5O5/c1-16(20-4-3-5-24(40-2)25(20)31)33-27(38)23(15-37)36-14-18-7-6-17(12-21(18)28(36)39)26-22(30)13-32-29(35-26)34-19-8-10-41-11-9-19/h3-7,12-13,16,19,23,37H,8-11,14-15H2,1-2H3,(H,33,38)(H,32,34,35). The number of nitrogens with one attached hydrogen (secondary N) is 2. The Kier molecular flexibility index (Phi) is 8.67. The van der Waals surface area contributed by atoms with E-state index in [1.807, 2.05) is 6.07 Å². The van der Waals surface area contributed by atoms with Crippen molar-refractivity contribution in [2.24, 2.45) is 0 Å². The summed E-state index contributed by atoms with van der Waals surface area (Å²) in [4.78, 5) is 36.8. The third-order valence-corrected chi connectivity index (χ3v) is 7.68. The summed E-state index contributed by atoms with van der Waals surface area (Å²) in [7, 11) is 1.36. The number of halogens is 2. The highest BCUT2D eigenvalue weighted by molar-refractivity contribution is 6.33. The van der Waals surface area contributed by atoms with E-state index in [0.29, 0.717) is 46.6 Å². The van der Waals surface area contributed by atoms with Crippen LogP contribution in [-0.2, 0) is 16.1 Å². The Labute approximate surface area is 241 Å². The van der Waals surface area contributed by atoms with Crippen molar-refractivity contribution >= 4 is 29.4 Å². The Morgan fingerprint density at radius 2 is 2.07 bits per heavy atom. The Morgan fingerprint density at radius 3 is 2.80 bits per heavy atom. The van der Waals surface area contributed by atoms with Crippen LogP contribution in [0.1, 0.15) is 47.3 Å². The van der Waals surface area contributed by atoms with Gasteiger partial charge < -0.3 is 30.1 Å². The number of fused-ring (bicyclic) bond motifs is 1. The van der Waals surface area contributed by atoms with Crippen molar-refractivity contribution in [2.45, 2.75) is 44.4 Å². The van der Waals surface area contributed by atoms with E-state index in [2.05, 4.69) is 20.6 Å². The van der Waals surface area contributed by atoms with Gasteiger partial charge in [-0.2, -0.15) is 0 Å². The van der Waals surface area contributed by atoms with Crippen LogP contribution >= 0.6 is 11.6 Å². The van der Waals surface area contributed by atoms with Crippen LogP contribution in [0.3, 0.4) is 0 Å². The van der Waals surface area contributed by atoms with Crippen LogP contribution in [0, 0.1) is 5.82 Å². The number of carbonyl (C=O) groups is 2. The largest absolute Gasteiger partial charge is 0.494 e. The molecule has 1 fully saturated rings. The van der Waals surface area contributed by atoms with Crippen LogP contribution < -0.4 is 15.4 Å². The molecule has 2 amide bonds. The minimum Gasteiger partial charge on any atom is -0.494 e. The van der Waals surface area contributed by atoms with E-state index < -0.39 is 36.3 Å². The number of hydrogen-bond donors (Lipinski definition) is 3. The number of carbonyl (C=O) groups excluding carboxylic acids is 2. The number of anilines is 1. The molecule has 2 aliphatic heterocycles. The van der Waals surface area contributed by atoms with Gasteiger partial charge in [-0.15, -0.1) is 0 Å². The average molecular weight is 584 g/mol. The molecule has 2 atom stereocenters. The van der Waals surface area contributed by atoms with Gasteiger partial charge in [0.15, 0.2) is 11.6 Å². The zero-order valence-corrected chi connectivity index (χ0v) is 23.4. The van der Waals surface area contributed by atoms with Gasteiger partial charge >= 0.3 is 0 Å². The number of methoxy groups -OCH3 is 1. The number of hydrogen-bond acceptors (Lipinski definition) is 8. The Hall–Kier alpha value is -3.80. The van der Waals surface area contributed by atoms with Gasteiger partial charge in [0.1, 0.15) is 6.04 Å². The van der Waals surface area contributed by atoms with Gasteiger partial charge in [-0.3, -0.25) is 9.59 Å². The molecule has 41 heavy (non-hydrogen) atoms. The van der Waals surface area contributed by atoms with Crippen LogP contribution in [-0.4, -0.2) is 70.8 Å². The van der Waals surface area contributed by atoms with E-state index in [0.717, 1.165) is 12.8 Å². The number of aliphatic hydroxyl groups excluding tert-OH is 1. The molecule has 216 valence electrons. The molecular formula is C29H31ClFN5O5. The van der Waals surface area contributed by atoms with Crippen LogP contribution in [0.25, 0.3) is 11.3 Å². The molecular weight excluding hydrogens is 553 g/mol. The van der Waals surface area contributed by atoms with Crippen LogP contribution in [0.2, 0.25) is 5.02 Å². The summed E-state index contributed by atoms with van der Waals surface area (Å²) < 4.78 is 25.2. The summed E-state index contributed by atoms with van der Waals surface area (Å²) in [6.45, 7) is 2.48. The number of aromatic nitrogens is 2. The summed E-state index contributed by atoms with van der Waals surface area (Å²) in [6.07, 6.45) is 3.21. The summed E-state index contributed by atoms with van der Waals surface area (Å²) >= 11 is 6.44. The fourth-order valence-corrected chi connectivity index (χ4v) is 5.32. The fraction of sp³-hybridized carbons (Fsp3) is 0.379. The van der Waals surface area contributed by atoms with Crippen LogP contribution in [0.15, 0.2) is 42.6 Å². The highest BCUT2D eigenvalue weighted by Gasteiger charge is 2.37. The van der Waals surface area contributed by atoms with Crippen molar-refractivity contribution in [1.82, 2.24) is 20.2 Å². The number of ether oxygens (including phenoxy) is 2. The summed E-state index contributed by atoms with van der Waals surface area (Å²) in [5, 5.41) is 16.5. The lowest BCUT2D eigenvalue weighted by atomic mass is 10.0. The number of benzene rings is 2. The minimum absolute atomic E-state index is 0.0542. The SMILES string of the molecule is COc1cccc(C(C)NC(=O)C(CO)N2Cc3ccc(-c4nc(NC5CCOCC5)ncc4Cl)cc3C2=O)c1F. The highest BCUT2D eigenvalue weighted by atomic mass is 35.5. The third-order valence-electron chi connectivity index (χ3n) is 7.40. The maximum absolute atomic E-state index is 14.7. The summed E-state index contributed by atoms with van der Waals surface area (Å²) in [5.41, 5.74) is 2.39. The molecule has 5 rings (SSSR count). The van der Waals surface area contributed by atoms with E-state index >= 15 is 0 Å². The summed E-state index contributed by atoms with van der Waals surface area (Å²) in [5.74, 6) is -1.12. The zero-order chi connectivity index (χ0) is 29.1. The molecule has 2 aromatic carbocycles. The molecule has 0 radical (unpaired) electrons. The van der Waals surface area contributed by atoms with Crippen molar-refractivity contribution in [3.63, 3.8) is 0 Å². The smallest absolute Gasteiger partial charge is 0.255 e. The van der Waals surface area contributed by atoms with Gasteiger partial charge in [0.05, 0.1) is 36.7 Å². The molecule has 0 spiro atoms. The summed E-state index contributed by atoms with van der Waals surface area (Å²) in [6, 6.07) is 8.21. The van der Waals surface area contributed by atoms with Crippen LogP contribution in [0.5, 0.6) is 5.75 Å². The van der Waals surface area contributed by atoms with Crippen molar-refractivity contribution in [2.75, 3.05) is 32.2 Å². The van der Waals surface area contributed by atoms with E-state index in [1.54, 1.807) is 25.1 Å². The number of aliphatic hydroxyl groups is 1.